The minimum atomic E-state index is -3.50. The van der Waals surface area contributed by atoms with Crippen molar-refractivity contribution < 1.29 is 13.5 Å². The highest BCUT2D eigenvalue weighted by Crippen LogP contribution is 2.38. The van der Waals surface area contributed by atoms with Gasteiger partial charge in [0.05, 0.1) is 11.0 Å². The summed E-state index contributed by atoms with van der Waals surface area (Å²) in [5.41, 5.74) is 0. The van der Waals surface area contributed by atoms with Gasteiger partial charge < -0.3 is 5.11 Å². The number of piperidine rings is 2. The maximum absolute atomic E-state index is 12.8. The van der Waals surface area contributed by atoms with Crippen LogP contribution in [0.3, 0.4) is 0 Å². The summed E-state index contributed by atoms with van der Waals surface area (Å²) in [6.45, 7) is 0. The first-order valence-corrected chi connectivity index (χ1v) is 8.77. The van der Waals surface area contributed by atoms with Crippen LogP contribution in [-0.2, 0) is 10.0 Å². The highest BCUT2D eigenvalue weighted by atomic mass is 35.5. The topological polar surface area (TPSA) is 57.6 Å². The zero-order valence-electron chi connectivity index (χ0n) is 11.1. The van der Waals surface area contributed by atoms with Crippen molar-refractivity contribution in [1.29, 1.82) is 0 Å². The SMILES string of the molecule is O=S(=O)(c1ccc(Cl)cc1)N1[C@@H]2CCC[C@H]1CC(O)C2. The second-order valence-corrected chi connectivity index (χ2v) is 7.93. The van der Waals surface area contributed by atoms with Gasteiger partial charge >= 0.3 is 0 Å². The highest BCUT2D eigenvalue weighted by Gasteiger charge is 2.44. The lowest BCUT2D eigenvalue weighted by Crippen LogP contribution is -2.55. The second-order valence-electron chi connectivity index (χ2n) is 5.65. The summed E-state index contributed by atoms with van der Waals surface area (Å²) in [7, 11) is -3.50. The predicted molar refractivity (Wildman–Crippen MR) is 77.1 cm³/mol. The van der Waals surface area contributed by atoms with E-state index in [1.165, 1.54) is 0 Å². The van der Waals surface area contributed by atoms with Gasteiger partial charge in [0.2, 0.25) is 10.0 Å². The van der Waals surface area contributed by atoms with Gasteiger partial charge in [-0.05, 0) is 49.9 Å². The minimum absolute atomic E-state index is 0.0711. The smallest absolute Gasteiger partial charge is 0.243 e. The largest absolute Gasteiger partial charge is 0.393 e. The fourth-order valence-electron chi connectivity index (χ4n) is 3.43. The van der Waals surface area contributed by atoms with Gasteiger partial charge in [-0.2, -0.15) is 4.31 Å². The Morgan fingerprint density at radius 3 is 2.20 bits per heavy atom. The third kappa shape index (κ3) is 2.48. The highest BCUT2D eigenvalue weighted by molar-refractivity contribution is 7.89. The number of nitrogens with zero attached hydrogens (tertiary/aromatic N) is 1. The zero-order chi connectivity index (χ0) is 14.3. The van der Waals surface area contributed by atoms with Crippen LogP contribution in [0.15, 0.2) is 29.2 Å². The molecule has 2 aliphatic heterocycles. The summed E-state index contributed by atoms with van der Waals surface area (Å²) >= 11 is 5.82. The van der Waals surface area contributed by atoms with Gasteiger partial charge in [0.25, 0.3) is 0 Å². The molecule has 0 aliphatic carbocycles. The van der Waals surface area contributed by atoms with Crippen LogP contribution in [0.5, 0.6) is 0 Å². The number of hydrogen-bond acceptors (Lipinski definition) is 3. The molecule has 3 atom stereocenters. The molecule has 1 aromatic rings. The van der Waals surface area contributed by atoms with E-state index in [1.807, 2.05) is 0 Å². The van der Waals surface area contributed by atoms with E-state index in [-0.39, 0.29) is 23.1 Å². The van der Waals surface area contributed by atoms with Crippen LogP contribution in [-0.4, -0.2) is 36.0 Å². The number of sulfonamides is 1. The molecule has 0 amide bonds. The average molecular weight is 316 g/mol. The summed E-state index contributed by atoms with van der Waals surface area (Å²) in [6, 6.07) is 6.17. The molecule has 20 heavy (non-hydrogen) atoms. The monoisotopic (exact) mass is 315 g/mol. The van der Waals surface area contributed by atoms with E-state index >= 15 is 0 Å². The van der Waals surface area contributed by atoms with Gasteiger partial charge in [0.15, 0.2) is 0 Å². The molecule has 110 valence electrons. The van der Waals surface area contributed by atoms with Crippen LogP contribution < -0.4 is 0 Å². The number of fused-ring (bicyclic) bond motifs is 2. The summed E-state index contributed by atoms with van der Waals surface area (Å²) in [4.78, 5) is 0.287. The van der Waals surface area contributed by atoms with Gasteiger partial charge in [0.1, 0.15) is 0 Å². The number of aliphatic hydroxyl groups is 1. The van der Waals surface area contributed by atoms with Crippen LogP contribution in [0.1, 0.15) is 32.1 Å². The fraction of sp³-hybridized carbons (Fsp3) is 0.571. The van der Waals surface area contributed by atoms with E-state index in [2.05, 4.69) is 0 Å². The summed E-state index contributed by atoms with van der Waals surface area (Å²) in [5.74, 6) is 0. The predicted octanol–water partition coefficient (Wildman–Crippen LogP) is 2.41. The Morgan fingerprint density at radius 2 is 1.65 bits per heavy atom. The second kappa shape index (κ2) is 5.30. The van der Waals surface area contributed by atoms with Crippen molar-refractivity contribution in [2.75, 3.05) is 0 Å². The molecule has 3 rings (SSSR count). The third-order valence-electron chi connectivity index (χ3n) is 4.27. The molecular formula is C14H18ClNO3S. The first-order valence-electron chi connectivity index (χ1n) is 6.95. The number of halogens is 1. The summed E-state index contributed by atoms with van der Waals surface area (Å²) < 4.78 is 27.3. The molecule has 2 fully saturated rings. The van der Waals surface area contributed by atoms with Crippen molar-refractivity contribution in [3.8, 4) is 0 Å². The van der Waals surface area contributed by atoms with Crippen molar-refractivity contribution in [2.24, 2.45) is 0 Å². The summed E-state index contributed by atoms with van der Waals surface area (Å²) in [6.07, 6.45) is 3.42. The molecule has 4 nitrogen and oxygen atoms in total. The Hall–Kier alpha value is -0.620. The van der Waals surface area contributed by atoms with Gasteiger partial charge in [-0.1, -0.05) is 18.0 Å². The lowest BCUT2D eigenvalue weighted by Gasteiger charge is -2.46. The molecule has 2 saturated heterocycles. The first-order chi connectivity index (χ1) is 9.48. The first kappa shape index (κ1) is 14.3. The van der Waals surface area contributed by atoms with Crippen LogP contribution in [0, 0.1) is 0 Å². The normalized spacial score (nSPS) is 31.2. The minimum Gasteiger partial charge on any atom is -0.393 e. The Bertz CT molecular complexity index is 573. The van der Waals surface area contributed by atoms with Crippen LogP contribution in [0.4, 0.5) is 0 Å². The molecule has 2 heterocycles. The molecule has 2 bridgehead atoms. The van der Waals surface area contributed by atoms with Crippen LogP contribution in [0.2, 0.25) is 5.02 Å². The van der Waals surface area contributed by atoms with E-state index in [0.717, 1.165) is 19.3 Å². The van der Waals surface area contributed by atoms with E-state index in [4.69, 9.17) is 11.6 Å². The van der Waals surface area contributed by atoms with Gasteiger partial charge in [-0.3, -0.25) is 0 Å². The molecule has 6 heteroatoms. The number of rotatable bonds is 2. The molecular weight excluding hydrogens is 298 g/mol. The Labute approximate surface area is 124 Å². The Morgan fingerprint density at radius 1 is 1.10 bits per heavy atom. The molecule has 1 unspecified atom stereocenters. The quantitative estimate of drug-likeness (QED) is 0.911. The Kier molecular flexibility index (Phi) is 3.79. The maximum Gasteiger partial charge on any atom is 0.243 e. The van der Waals surface area contributed by atoms with Gasteiger partial charge in [0, 0.05) is 17.1 Å². The van der Waals surface area contributed by atoms with Crippen LogP contribution >= 0.6 is 11.6 Å². The van der Waals surface area contributed by atoms with E-state index < -0.39 is 10.0 Å². The molecule has 0 saturated carbocycles. The molecule has 2 aliphatic rings. The molecule has 1 N–H and O–H groups in total. The van der Waals surface area contributed by atoms with E-state index in [9.17, 15) is 13.5 Å². The standard InChI is InChI=1S/C14H18ClNO3S/c15-10-4-6-14(7-5-10)20(18,19)16-11-2-1-3-12(16)9-13(17)8-11/h4-7,11-13,17H,1-3,8-9H2/t11-,12+,13?. The molecule has 0 aromatic heterocycles. The average Bonchev–Trinajstić information content (AvgIpc) is 2.37. The maximum atomic E-state index is 12.8. The van der Waals surface area contributed by atoms with Gasteiger partial charge in [-0.15, -0.1) is 0 Å². The third-order valence-corrected chi connectivity index (χ3v) is 6.54. The van der Waals surface area contributed by atoms with Crippen molar-refractivity contribution >= 4 is 21.6 Å². The number of aliphatic hydroxyl groups excluding tert-OH is 1. The fourth-order valence-corrected chi connectivity index (χ4v) is 5.45. The summed E-state index contributed by atoms with van der Waals surface area (Å²) in [5, 5.41) is 10.4. The van der Waals surface area contributed by atoms with E-state index in [1.54, 1.807) is 28.6 Å². The van der Waals surface area contributed by atoms with E-state index in [0.29, 0.717) is 17.9 Å². The van der Waals surface area contributed by atoms with Crippen molar-refractivity contribution in [3.63, 3.8) is 0 Å². The van der Waals surface area contributed by atoms with Crippen molar-refractivity contribution in [1.82, 2.24) is 4.31 Å². The number of hydrogen-bond donors (Lipinski definition) is 1. The lowest BCUT2D eigenvalue weighted by atomic mass is 9.85. The molecule has 0 radical (unpaired) electrons. The number of benzene rings is 1. The van der Waals surface area contributed by atoms with Gasteiger partial charge in [-0.25, -0.2) is 8.42 Å². The van der Waals surface area contributed by atoms with Crippen molar-refractivity contribution in [3.05, 3.63) is 29.3 Å². The van der Waals surface area contributed by atoms with Crippen molar-refractivity contribution in [2.45, 2.75) is 55.2 Å². The Balaban J connectivity index is 1.96. The van der Waals surface area contributed by atoms with Crippen LogP contribution in [0.25, 0.3) is 0 Å². The molecule has 0 spiro atoms. The zero-order valence-corrected chi connectivity index (χ0v) is 12.6. The lowest BCUT2D eigenvalue weighted by molar-refractivity contribution is 0.0220. The molecule has 1 aromatic carbocycles.